The van der Waals surface area contributed by atoms with Gasteiger partial charge in [0.05, 0.1) is 11.6 Å². The van der Waals surface area contributed by atoms with E-state index < -0.39 is 0 Å². The van der Waals surface area contributed by atoms with Gasteiger partial charge >= 0.3 is 0 Å². The highest BCUT2D eigenvalue weighted by molar-refractivity contribution is 14.1. The van der Waals surface area contributed by atoms with E-state index in [-0.39, 0.29) is 17.2 Å². The fourth-order valence-electron chi connectivity index (χ4n) is 1.97. The molecule has 0 heterocycles. The summed E-state index contributed by atoms with van der Waals surface area (Å²) in [5.41, 5.74) is 2.19. The third-order valence-corrected chi connectivity index (χ3v) is 4.82. The number of halogens is 4. The van der Waals surface area contributed by atoms with Gasteiger partial charge in [-0.1, -0.05) is 75.5 Å². The summed E-state index contributed by atoms with van der Waals surface area (Å²) in [6.07, 6.45) is 1.46. The van der Waals surface area contributed by atoms with Crippen LogP contribution in [0.3, 0.4) is 0 Å². The van der Waals surface area contributed by atoms with E-state index >= 15 is 0 Å². The molecule has 0 fully saturated rings. The number of rotatable bonds is 4. The first-order valence-corrected chi connectivity index (χ1v) is 9.45. The molecule has 0 bridgehead atoms. The Labute approximate surface area is 155 Å². The van der Waals surface area contributed by atoms with Gasteiger partial charge in [0.15, 0.2) is 0 Å². The van der Waals surface area contributed by atoms with Crippen molar-refractivity contribution in [1.82, 2.24) is 0 Å². The molecular weight excluding hydrogens is 510 g/mol. The molecule has 0 aliphatic carbocycles. The molecule has 5 heteroatoms. The second-order valence-electron chi connectivity index (χ2n) is 4.56. The summed E-state index contributed by atoms with van der Waals surface area (Å²) in [5, 5.41) is 9.31. The fraction of sp³-hybridized carbons (Fsp3) is 0.118. The van der Waals surface area contributed by atoms with E-state index in [4.69, 9.17) is 0 Å². The zero-order valence-corrected chi connectivity index (χ0v) is 15.7. The third-order valence-electron chi connectivity index (χ3n) is 3.18. The van der Waals surface area contributed by atoms with Gasteiger partial charge in [-0.3, -0.25) is 0 Å². The number of alkyl halides is 2. The molecule has 0 unspecified atom stereocenters. The van der Waals surface area contributed by atoms with Crippen LogP contribution < -0.4 is 0 Å². The first kappa shape index (κ1) is 17.3. The van der Waals surface area contributed by atoms with Crippen LogP contribution >= 0.6 is 45.2 Å². The summed E-state index contributed by atoms with van der Waals surface area (Å²) in [7, 11) is 0. The van der Waals surface area contributed by atoms with Crippen molar-refractivity contribution in [3.63, 3.8) is 0 Å². The van der Waals surface area contributed by atoms with Gasteiger partial charge in [0, 0.05) is 14.4 Å². The van der Waals surface area contributed by atoms with Crippen LogP contribution in [-0.4, -0.2) is 0 Å². The highest BCUT2D eigenvalue weighted by Crippen LogP contribution is 2.24. The second kappa shape index (κ2) is 8.02. The Balaban J connectivity index is 2.49. The Morgan fingerprint density at radius 1 is 1.09 bits per heavy atom. The molecule has 0 spiro atoms. The molecule has 2 aromatic rings. The minimum absolute atomic E-state index is 0.239. The smallest absolute Gasteiger partial charge is 0.134 e. The molecule has 0 atom stereocenters. The average molecular weight is 521 g/mol. The van der Waals surface area contributed by atoms with Crippen LogP contribution in [0.1, 0.15) is 22.3 Å². The van der Waals surface area contributed by atoms with Crippen molar-refractivity contribution in [2.45, 2.75) is 8.86 Å². The fourth-order valence-corrected chi connectivity index (χ4v) is 3.18. The van der Waals surface area contributed by atoms with Crippen molar-refractivity contribution in [1.29, 1.82) is 5.26 Å². The van der Waals surface area contributed by atoms with Crippen LogP contribution in [-0.2, 0) is 8.86 Å². The Hall–Kier alpha value is -1.01. The monoisotopic (exact) mass is 521 g/mol. The number of hydrogen-bond donors (Lipinski definition) is 0. The van der Waals surface area contributed by atoms with Crippen molar-refractivity contribution in [3.05, 3.63) is 70.3 Å². The Kier molecular flexibility index (Phi) is 6.32. The topological polar surface area (TPSA) is 23.8 Å². The SMILES string of the molecule is N#C/C(=C\c1cccc(CI)c1F)c1ccc(CI)c(F)c1. The lowest BCUT2D eigenvalue weighted by molar-refractivity contribution is 0.615. The van der Waals surface area contributed by atoms with E-state index in [0.717, 1.165) is 0 Å². The maximum atomic E-state index is 14.2. The summed E-state index contributed by atoms with van der Waals surface area (Å²) in [5.74, 6) is -0.691. The van der Waals surface area contributed by atoms with Crippen molar-refractivity contribution in [3.8, 4) is 6.07 Å². The van der Waals surface area contributed by atoms with E-state index in [0.29, 0.717) is 31.1 Å². The molecule has 0 N–H and O–H groups in total. The van der Waals surface area contributed by atoms with Crippen LogP contribution in [0, 0.1) is 23.0 Å². The summed E-state index contributed by atoms with van der Waals surface area (Å²) in [6, 6.07) is 11.7. The summed E-state index contributed by atoms with van der Waals surface area (Å²) in [4.78, 5) is 0. The second-order valence-corrected chi connectivity index (χ2v) is 6.09. The van der Waals surface area contributed by atoms with Crippen molar-refractivity contribution >= 4 is 56.8 Å². The predicted molar refractivity (Wildman–Crippen MR) is 102 cm³/mol. The first-order chi connectivity index (χ1) is 10.6. The highest BCUT2D eigenvalue weighted by atomic mass is 127. The highest BCUT2D eigenvalue weighted by Gasteiger charge is 2.09. The molecule has 0 aliphatic rings. The number of nitrogens with zero attached hydrogens (tertiary/aromatic N) is 1. The van der Waals surface area contributed by atoms with Crippen LogP contribution in [0.4, 0.5) is 8.78 Å². The number of benzene rings is 2. The lowest BCUT2D eigenvalue weighted by Gasteiger charge is -2.05. The zero-order valence-electron chi connectivity index (χ0n) is 11.4. The van der Waals surface area contributed by atoms with Crippen molar-refractivity contribution in [2.24, 2.45) is 0 Å². The van der Waals surface area contributed by atoms with E-state index in [9.17, 15) is 14.0 Å². The maximum Gasteiger partial charge on any atom is 0.134 e. The number of hydrogen-bond acceptors (Lipinski definition) is 1. The molecule has 0 saturated carbocycles. The molecule has 0 radical (unpaired) electrons. The standard InChI is InChI=1S/C17H11F2I2N/c18-16-7-11(4-5-13(16)8-20)15(10-22)6-12-2-1-3-14(9-21)17(12)19/h1-7H,8-9H2/b15-6+. The van der Waals surface area contributed by atoms with Gasteiger partial charge in [0.25, 0.3) is 0 Å². The van der Waals surface area contributed by atoms with E-state index in [1.165, 1.54) is 12.1 Å². The zero-order chi connectivity index (χ0) is 16.1. The van der Waals surface area contributed by atoms with Gasteiger partial charge in [0.1, 0.15) is 11.6 Å². The van der Waals surface area contributed by atoms with Crippen LogP contribution in [0.25, 0.3) is 11.6 Å². The molecule has 2 aromatic carbocycles. The van der Waals surface area contributed by atoms with Crippen LogP contribution in [0.15, 0.2) is 36.4 Å². The Morgan fingerprint density at radius 2 is 1.82 bits per heavy atom. The summed E-state index contributed by atoms with van der Waals surface area (Å²) < 4.78 is 29.2. The molecule has 1 nitrogen and oxygen atoms in total. The third kappa shape index (κ3) is 3.84. The predicted octanol–water partition coefficient (Wildman–Crippen LogP) is 5.90. The van der Waals surface area contributed by atoms with Gasteiger partial charge < -0.3 is 0 Å². The molecule has 0 saturated heterocycles. The van der Waals surface area contributed by atoms with E-state index in [1.54, 1.807) is 30.3 Å². The molecule has 0 aliphatic heterocycles. The quantitative estimate of drug-likeness (QED) is 0.213. The van der Waals surface area contributed by atoms with E-state index in [2.05, 4.69) is 45.2 Å². The van der Waals surface area contributed by atoms with Crippen LogP contribution in [0.5, 0.6) is 0 Å². The molecule has 0 aromatic heterocycles. The number of allylic oxidation sites excluding steroid dienone is 1. The minimum Gasteiger partial charge on any atom is -0.207 e. The maximum absolute atomic E-state index is 14.2. The molecule has 112 valence electrons. The van der Waals surface area contributed by atoms with Crippen molar-refractivity contribution < 1.29 is 8.78 Å². The molecule has 0 amide bonds. The number of nitriles is 1. The van der Waals surface area contributed by atoms with Gasteiger partial charge in [0.2, 0.25) is 0 Å². The van der Waals surface area contributed by atoms with Gasteiger partial charge in [-0.15, -0.1) is 0 Å². The van der Waals surface area contributed by atoms with Gasteiger partial charge in [-0.25, -0.2) is 8.78 Å². The Bertz CT molecular complexity index is 764. The average Bonchev–Trinajstić information content (AvgIpc) is 2.54. The molecule has 2 rings (SSSR count). The molecule has 22 heavy (non-hydrogen) atoms. The van der Waals surface area contributed by atoms with E-state index in [1.807, 2.05) is 6.07 Å². The lowest BCUT2D eigenvalue weighted by Crippen LogP contribution is -1.92. The van der Waals surface area contributed by atoms with Crippen LogP contribution in [0.2, 0.25) is 0 Å². The van der Waals surface area contributed by atoms with Gasteiger partial charge in [-0.05, 0) is 28.8 Å². The van der Waals surface area contributed by atoms with Crippen molar-refractivity contribution in [2.75, 3.05) is 0 Å². The van der Waals surface area contributed by atoms with Gasteiger partial charge in [-0.2, -0.15) is 5.26 Å². The normalized spacial score (nSPS) is 11.3. The largest absolute Gasteiger partial charge is 0.207 e. The summed E-state index contributed by atoms with van der Waals surface area (Å²) >= 11 is 4.16. The first-order valence-electron chi connectivity index (χ1n) is 6.40. The lowest BCUT2D eigenvalue weighted by atomic mass is 10.0. The summed E-state index contributed by atoms with van der Waals surface area (Å²) in [6.45, 7) is 0. The Morgan fingerprint density at radius 3 is 2.41 bits per heavy atom. The molecular formula is C17H11F2I2N. The minimum atomic E-state index is -0.352.